The molecule has 0 spiro atoms. The van der Waals surface area contributed by atoms with Crippen molar-refractivity contribution in [1.29, 1.82) is 0 Å². The van der Waals surface area contributed by atoms with Gasteiger partial charge in [-0.05, 0) is 6.92 Å². The lowest BCUT2D eigenvalue weighted by molar-refractivity contribution is -0.118. The zero-order valence-electron chi connectivity index (χ0n) is 6.62. The molecule has 1 unspecified atom stereocenters. The van der Waals surface area contributed by atoms with Crippen LogP contribution in [-0.2, 0) is 9.53 Å². The van der Waals surface area contributed by atoms with Crippen LogP contribution < -0.4 is 0 Å². The highest BCUT2D eigenvalue weighted by atomic mass is 16.5. The van der Waals surface area contributed by atoms with Gasteiger partial charge in [0.05, 0.1) is 19.8 Å². The van der Waals surface area contributed by atoms with Crippen molar-refractivity contribution in [3.05, 3.63) is 0 Å². The van der Waals surface area contributed by atoms with Crippen molar-refractivity contribution in [1.82, 2.24) is 0 Å². The molecule has 0 aromatic rings. The predicted molar refractivity (Wildman–Crippen MR) is 39.2 cm³/mol. The van der Waals surface area contributed by atoms with Gasteiger partial charge in [-0.3, -0.25) is 4.79 Å². The molecule has 1 atom stereocenters. The van der Waals surface area contributed by atoms with E-state index in [0.29, 0.717) is 13.0 Å². The molecule has 0 aliphatic heterocycles. The highest BCUT2D eigenvalue weighted by Crippen LogP contribution is 1.87. The molecular formula is C7H14O4. The van der Waals surface area contributed by atoms with Crippen molar-refractivity contribution in [2.45, 2.75) is 19.4 Å². The number of ether oxygens (including phenoxy) is 1. The van der Waals surface area contributed by atoms with E-state index >= 15 is 0 Å². The highest BCUT2D eigenvalue weighted by molar-refractivity contribution is 5.75. The Morgan fingerprint density at radius 3 is 2.73 bits per heavy atom. The molecule has 66 valence electrons. The van der Waals surface area contributed by atoms with Crippen LogP contribution in [0.5, 0.6) is 0 Å². The fraction of sp³-hybridized carbons (Fsp3) is 0.857. The summed E-state index contributed by atoms with van der Waals surface area (Å²) in [6.45, 7) is 1.57. The lowest BCUT2D eigenvalue weighted by atomic mass is 10.3. The summed E-state index contributed by atoms with van der Waals surface area (Å²) in [6, 6.07) is 0. The number of Topliss-reactive ketones (excluding diaryl/α,β-unsaturated/α-hetero) is 1. The predicted octanol–water partition coefficient (Wildman–Crippen LogP) is -0.665. The molecular weight excluding hydrogens is 148 g/mol. The molecule has 0 fully saturated rings. The maximum atomic E-state index is 10.4. The molecule has 0 amide bonds. The third kappa shape index (κ3) is 7.45. The van der Waals surface area contributed by atoms with Crippen molar-refractivity contribution in [3.63, 3.8) is 0 Å². The van der Waals surface area contributed by atoms with Crippen LogP contribution in [-0.4, -0.2) is 41.9 Å². The summed E-state index contributed by atoms with van der Waals surface area (Å²) in [5, 5.41) is 17.1. The van der Waals surface area contributed by atoms with Gasteiger partial charge in [-0.2, -0.15) is 0 Å². The zero-order chi connectivity index (χ0) is 8.69. The van der Waals surface area contributed by atoms with Gasteiger partial charge in [0, 0.05) is 6.42 Å². The summed E-state index contributed by atoms with van der Waals surface area (Å²) < 4.78 is 4.87. The Balaban J connectivity index is 3.08. The van der Waals surface area contributed by atoms with Crippen molar-refractivity contribution in [2.75, 3.05) is 19.8 Å². The first-order chi connectivity index (χ1) is 5.16. The fourth-order valence-electron chi connectivity index (χ4n) is 0.488. The number of carbonyl (C=O) groups excluding carboxylic acids is 1. The van der Waals surface area contributed by atoms with Gasteiger partial charge in [0.15, 0.2) is 0 Å². The standard InChI is InChI=1S/C7H14O4/c1-6(9)2-3-11-5-7(10)4-8/h7-8,10H,2-5H2,1H3. The molecule has 11 heavy (non-hydrogen) atoms. The van der Waals surface area contributed by atoms with E-state index in [1.54, 1.807) is 0 Å². The normalized spacial score (nSPS) is 13.0. The lowest BCUT2D eigenvalue weighted by Gasteiger charge is -2.06. The summed E-state index contributed by atoms with van der Waals surface area (Å²) in [5.74, 6) is 0.0588. The number of rotatable bonds is 6. The largest absolute Gasteiger partial charge is 0.394 e. The van der Waals surface area contributed by atoms with E-state index in [0.717, 1.165) is 0 Å². The molecule has 0 bridgehead atoms. The van der Waals surface area contributed by atoms with E-state index in [1.165, 1.54) is 6.92 Å². The van der Waals surface area contributed by atoms with Gasteiger partial charge in [0.25, 0.3) is 0 Å². The number of hydrogen-bond donors (Lipinski definition) is 2. The molecule has 0 saturated heterocycles. The Morgan fingerprint density at radius 2 is 2.27 bits per heavy atom. The van der Waals surface area contributed by atoms with E-state index in [-0.39, 0.29) is 19.0 Å². The van der Waals surface area contributed by atoms with Crippen molar-refractivity contribution in [2.24, 2.45) is 0 Å². The first kappa shape index (κ1) is 10.6. The minimum atomic E-state index is -0.832. The minimum Gasteiger partial charge on any atom is -0.394 e. The quantitative estimate of drug-likeness (QED) is 0.508. The molecule has 0 aliphatic rings. The second-order valence-corrected chi connectivity index (χ2v) is 2.36. The Bertz CT molecular complexity index is 113. The van der Waals surface area contributed by atoms with Crippen LogP contribution >= 0.6 is 0 Å². The minimum absolute atomic E-state index is 0.0588. The topological polar surface area (TPSA) is 66.8 Å². The van der Waals surface area contributed by atoms with Gasteiger partial charge in [-0.25, -0.2) is 0 Å². The summed E-state index contributed by atoms with van der Waals surface area (Å²) in [7, 11) is 0. The van der Waals surface area contributed by atoms with Crippen LogP contribution in [0.2, 0.25) is 0 Å². The maximum absolute atomic E-state index is 10.4. The Hall–Kier alpha value is -0.450. The highest BCUT2D eigenvalue weighted by Gasteiger charge is 2.01. The second-order valence-electron chi connectivity index (χ2n) is 2.36. The van der Waals surface area contributed by atoms with Crippen LogP contribution in [0, 0.1) is 0 Å². The van der Waals surface area contributed by atoms with Crippen LogP contribution in [0.3, 0.4) is 0 Å². The number of aliphatic hydroxyl groups is 2. The molecule has 0 aliphatic carbocycles. The van der Waals surface area contributed by atoms with Gasteiger partial charge >= 0.3 is 0 Å². The lowest BCUT2D eigenvalue weighted by Crippen LogP contribution is -2.20. The van der Waals surface area contributed by atoms with Crippen molar-refractivity contribution < 1.29 is 19.7 Å². The summed E-state index contributed by atoms with van der Waals surface area (Å²) in [4.78, 5) is 10.4. The first-order valence-electron chi connectivity index (χ1n) is 3.53. The van der Waals surface area contributed by atoms with Gasteiger partial charge in [0.1, 0.15) is 11.9 Å². The molecule has 4 heteroatoms. The molecule has 4 nitrogen and oxygen atoms in total. The molecule has 2 N–H and O–H groups in total. The van der Waals surface area contributed by atoms with Crippen LogP contribution in [0.4, 0.5) is 0 Å². The molecule has 0 radical (unpaired) electrons. The van der Waals surface area contributed by atoms with Gasteiger partial charge < -0.3 is 14.9 Å². The zero-order valence-corrected chi connectivity index (χ0v) is 6.62. The summed E-state index contributed by atoms with van der Waals surface area (Å²) in [6.07, 6.45) is -0.472. The molecule has 0 aromatic carbocycles. The Kier molecular flexibility index (Phi) is 6.02. The monoisotopic (exact) mass is 162 g/mol. The molecule has 0 saturated carbocycles. The van der Waals surface area contributed by atoms with E-state index in [4.69, 9.17) is 14.9 Å². The number of aliphatic hydroxyl groups excluding tert-OH is 2. The van der Waals surface area contributed by atoms with Crippen LogP contribution in [0.15, 0.2) is 0 Å². The summed E-state index contributed by atoms with van der Waals surface area (Å²) >= 11 is 0. The number of carbonyl (C=O) groups is 1. The third-order valence-electron chi connectivity index (χ3n) is 1.12. The Morgan fingerprint density at radius 1 is 1.64 bits per heavy atom. The first-order valence-corrected chi connectivity index (χ1v) is 3.53. The van der Waals surface area contributed by atoms with E-state index in [9.17, 15) is 4.79 Å². The van der Waals surface area contributed by atoms with Gasteiger partial charge in [-0.15, -0.1) is 0 Å². The third-order valence-corrected chi connectivity index (χ3v) is 1.12. The fourth-order valence-corrected chi connectivity index (χ4v) is 0.488. The van der Waals surface area contributed by atoms with Crippen LogP contribution in [0.25, 0.3) is 0 Å². The molecule has 0 heterocycles. The van der Waals surface area contributed by atoms with E-state index < -0.39 is 6.10 Å². The van der Waals surface area contributed by atoms with E-state index in [1.807, 2.05) is 0 Å². The van der Waals surface area contributed by atoms with Crippen molar-refractivity contribution in [3.8, 4) is 0 Å². The SMILES string of the molecule is CC(=O)CCOCC(O)CO. The number of hydrogen-bond acceptors (Lipinski definition) is 4. The smallest absolute Gasteiger partial charge is 0.132 e. The van der Waals surface area contributed by atoms with Gasteiger partial charge in [0.2, 0.25) is 0 Å². The maximum Gasteiger partial charge on any atom is 0.132 e. The summed E-state index contributed by atoms with van der Waals surface area (Å²) in [5.41, 5.74) is 0. The molecule has 0 rings (SSSR count). The van der Waals surface area contributed by atoms with E-state index in [2.05, 4.69) is 0 Å². The Labute approximate surface area is 65.8 Å². The number of ketones is 1. The van der Waals surface area contributed by atoms with Crippen LogP contribution in [0.1, 0.15) is 13.3 Å². The average Bonchev–Trinajstić information content (AvgIpc) is 1.97. The second kappa shape index (κ2) is 6.27. The van der Waals surface area contributed by atoms with Gasteiger partial charge in [-0.1, -0.05) is 0 Å². The van der Waals surface area contributed by atoms with Crippen molar-refractivity contribution >= 4 is 5.78 Å². The molecule has 0 aromatic heterocycles. The average molecular weight is 162 g/mol.